The van der Waals surface area contributed by atoms with Crippen molar-refractivity contribution >= 4 is 22.0 Å². The van der Waals surface area contributed by atoms with Gasteiger partial charge in [0, 0.05) is 29.5 Å². The lowest BCUT2D eigenvalue weighted by atomic mass is 10.0. The number of aromatic nitrogens is 3. The Bertz CT molecular complexity index is 1080. The van der Waals surface area contributed by atoms with Crippen LogP contribution in [0, 0.1) is 20.8 Å². The van der Waals surface area contributed by atoms with Gasteiger partial charge in [-0.15, -0.1) is 4.31 Å². The van der Waals surface area contributed by atoms with Crippen LogP contribution in [-0.4, -0.2) is 30.5 Å². The molecular weight excluding hydrogens is 400 g/mol. The second-order valence-corrected chi connectivity index (χ2v) is 9.10. The Morgan fingerprint density at radius 3 is 2.54 bits per heavy atom. The molecule has 0 aliphatic carbocycles. The van der Waals surface area contributed by atoms with Crippen LogP contribution in [0.5, 0.6) is 0 Å². The van der Waals surface area contributed by atoms with Crippen molar-refractivity contribution in [1.82, 2.24) is 19.4 Å². The molecule has 1 aliphatic heterocycles. The zero-order chi connectivity index (χ0) is 20.1. The van der Waals surface area contributed by atoms with E-state index in [1.54, 1.807) is 26.0 Å². The molecule has 0 N–H and O–H groups in total. The van der Waals surface area contributed by atoms with Gasteiger partial charge in [0.1, 0.15) is 11.5 Å². The van der Waals surface area contributed by atoms with Gasteiger partial charge in [-0.05, 0) is 26.0 Å². The molecule has 0 bridgehead atoms. The summed E-state index contributed by atoms with van der Waals surface area (Å²) >= 11 is 6.01. The number of halogens is 1. The normalized spacial score (nSPS) is 16.6. The zero-order valence-corrected chi connectivity index (χ0v) is 17.3. The van der Waals surface area contributed by atoms with E-state index in [4.69, 9.17) is 16.1 Å². The zero-order valence-electron chi connectivity index (χ0n) is 15.7. The van der Waals surface area contributed by atoms with Crippen molar-refractivity contribution < 1.29 is 13.3 Å². The molecule has 0 saturated carbocycles. The molecule has 0 radical (unpaired) electrons. The lowest BCUT2D eigenvalue weighted by Gasteiger charge is -2.31. The predicted octanol–water partition coefficient (Wildman–Crippen LogP) is 3.67. The number of hydrogen-bond acceptors (Lipinski definition) is 6. The fourth-order valence-corrected chi connectivity index (χ4v) is 5.36. The molecule has 0 saturated heterocycles. The summed E-state index contributed by atoms with van der Waals surface area (Å²) < 4.78 is 33.0. The number of fused-ring (bicyclic) bond motifs is 1. The molecule has 28 heavy (non-hydrogen) atoms. The van der Waals surface area contributed by atoms with Crippen LogP contribution < -0.4 is 0 Å². The third kappa shape index (κ3) is 3.26. The summed E-state index contributed by atoms with van der Waals surface area (Å²) in [5.41, 5.74) is 3.67. The monoisotopic (exact) mass is 418 g/mol. The Hall–Kier alpha value is -2.13. The predicted molar refractivity (Wildman–Crippen MR) is 104 cm³/mol. The first kappa shape index (κ1) is 19.2. The molecule has 1 atom stereocenters. The van der Waals surface area contributed by atoms with Gasteiger partial charge in [-0.25, -0.2) is 9.97 Å². The van der Waals surface area contributed by atoms with Crippen molar-refractivity contribution in [3.8, 4) is 11.3 Å². The molecule has 7 nitrogen and oxygen atoms in total. The highest BCUT2D eigenvalue weighted by atomic mass is 35.5. The molecule has 1 aliphatic rings. The van der Waals surface area contributed by atoms with E-state index in [1.165, 1.54) is 4.31 Å². The minimum absolute atomic E-state index is 0.136. The Morgan fingerprint density at radius 1 is 1.18 bits per heavy atom. The summed E-state index contributed by atoms with van der Waals surface area (Å²) in [6, 6.07) is 7.35. The first-order valence-corrected chi connectivity index (χ1v) is 10.6. The number of hydrogen-bond donors (Lipinski definition) is 0. The summed E-state index contributed by atoms with van der Waals surface area (Å²) in [5.74, 6) is 0.951. The quantitative estimate of drug-likeness (QED) is 0.602. The van der Waals surface area contributed by atoms with E-state index in [9.17, 15) is 8.76 Å². The van der Waals surface area contributed by atoms with Gasteiger partial charge in [-0.3, -0.25) is 0 Å². The van der Waals surface area contributed by atoms with Crippen LogP contribution in [-0.2, 0) is 27.6 Å². The molecule has 1 unspecified atom stereocenters. The minimum atomic E-state index is -3.74. The van der Waals surface area contributed by atoms with Crippen molar-refractivity contribution in [3.05, 3.63) is 57.8 Å². The molecule has 0 spiro atoms. The maximum Gasteiger partial charge on any atom is 0.240 e. The molecule has 146 valence electrons. The van der Waals surface area contributed by atoms with Crippen LogP contribution in [0.2, 0.25) is 5.02 Å². The first-order valence-electron chi connectivity index (χ1n) is 8.82. The van der Waals surface area contributed by atoms with E-state index in [1.807, 2.05) is 19.1 Å². The number of nitrogens with zero attached hydrogens (tertiary/aromatic N) is 4. The highest BCUT2D eigenvalue weighted by Crippen LogP contribution is 2.34. The number of sulfonamides is 1. The molecule has 3 heterocycles. The average Bonchev–Trinajstić information content (AvgIpc) is 3.00. The van der Waals surface area contributed by atoms with E-state index in [0.717, 1.165) is 22.5 Å². The Kier molecular flexibility index (Phi) is 4.83. The van der Waals surface area contributed by atoms with Crippen molar-refractivity contribution in [2.75, 3.05) is 6.54 Å². The van der Waals surface area contributed by atoms with Crippen LogP contribution in [0.1, 0.15) is 28.5 Å². The minimum Gasteiger partial charge on any atom is -0.593 e. The molecule has 0 fully saturated rings. The summed E-state index contributed by atoms with van der Waals surface area (Å²) in [6.45, 7) is 5.62. The lowest BCUT2D eigenvalue weighted by Crippen LogP contribution is -2.41. The van der Waals surface area contributed by atoms with Gasteiger partial charge in [0.2, 0.25) is 4.90 Å². The van der Waals surface area contributed by atoms with Gasteiger partial charge in [-0.2, -0.15) is 0 Å². The highest BCUT2D eigenvalue weighted by molar-refractivity contribution is 7.95. The van der Waals surface area contributed by atoms with Crippen LogP contribution in [0.3, 0.4) is 0 Å². The lowest BCUT2D eigenvalue weighted by molar-refractivity contribution is 0.334. The van der Waals surface area contributed by atoms with Gasteiger partial charge in [-0.1, -0.05) is 33.1 Å². The van der Waals surface area contributed by atoms with Crippen LogP contribution >= 0.6 is 11.6 Å². The molecule has 2 aromatic heterocycles. The van der Waals surface area contributed by atoms with Crippen LogP contribution in [0.4, 0.5) is 0 Å². The standard InChI is InChI=1S/C19H19ClN4O3S/c1-11-19(12(2)27-23-11)28(25,26)24-9-8-17-16(10-24)18(22-13(3)21-17)14-4-6-15(20)7-5-14/h4-7H,8-10H2,1-3H3. The summed E-state index contributed by atoms with van der Waals surface area (Å²) in [7, 11) is -3.74. The molecule has 3 aromatic rings. The molecule has 0 amide bonds. The van der Waals surface area contributed by atoms with E-state index < -0.39 is 10.4 Å². The highest BCUT2D eigenvalue weighted by Gasteiger charge is 2.39. The summed E-state index contributed by atoms with van der Waals surface area (Å²) in [5, 5.41) is 4.42. The number of rotatable bonds is 3. The Morgan fingerprint density at radius 2 is 1.89 bits per heavy atom. The summed E-state index contributed by atoms with van der Waals surface area (Å²) in [6.07, 6.45) is 0.516. The fourth-order valence-electron chi connectivity index (χ4n) is 3.54. The molecular formula is C19H19ClN4O3S. The average molecular weight is 419 g/mol. The van der Waals surface area contributed by atoms with Crippen molar-refractivity contribution in [3.63, 3.8) is 0 Å². The van der Waals surface area contributed by atoms with E-state index in [2.05, 4.69) is 15.1 Å². The first-order chi connectivity index (χ1) is 13.3. The van der Waals surface area contributed by atoms with Crippen LogP contribution in [0.25, 0.3) is 11.3 Å². The summed E-state index contributed by atoms with van der Waals surface area (Å²) in [4.78, 5) is 9.27. The van der Waals surface area contributed by atoms with Crippen molar-refractivity contribution in [2.45, 2.75) is 38.6 Å². The molecule has 1 aromatic carbocycles. The van der Waals surface area contributed by atoms with Gasteiger partial charge in [0.05, 0.1) is 24.5 Å². The Balaban J connectivity index is 1.78. The smallest absolute Gasteiger partial charge is 0.240 e. The SMILES string of the molecule is Cc1nc2c(c(-c3ccc(Cl)cc3)n1)CN([S+](=O)([O-])c1c(C)noc1C)CC2. The van der Waals surface area contributed by atoms with E-state index in [0.29, 0.717) is 35.3 Å². The van der Waals surface area contributed by atoms with Gasteiger partial charge >= 0.3 is 0 Å². The third-order valence-corrected chi connectivity index (χ3v) is 7.16. The largest absolute Gasteiger partial charge is 0.593 e. The van der Waals surface area contributed by atoms with Gasteiger partial charge in [0.25, 0.3) is 0 Å². The fraction of sp³-hybridized carbons (Fsp3) is 0.316. The maximum absolute atomic E-state index is 13.2. The number of benzene rings is 1. The second-order valence-electron chi connectivity index (χ2n) is 6.79. The molecule has 4 rings (SSSR count). The van der Waals surface area contributed by atoms with Crippen molar-refractivity contribution in [1.29, 1.82) is 0 Å². The van der Waals surface area contributed by atoms with Gasteiger partial charge < -0.3 is 9.08 Å². The topological polar surface area (TPSA) is 95.2 Å². The van der Waals surface area contributed by atoms with E-state index >= 15 is 0 Å². The maximum atomic E-state index is 13.2. The van der Waals surface area contributed by atoms with Crippen LogP contribution in [0.15, 0.2) is 33.7 Å². The Labute approximate surface area is 169 Å². The second kappa shape index (κ2) is 7.04. The number of aryl methyl sites for hydroxylation is 3. The third-order valence-electron chi connectivity index (χ3n) is 4.82. The molecule has 9 heteroatoms. The van der Waals surface area contributed by atoms with E-state index in [-0.39, 0.29) is 11.4 Å². The van der Waals surface area contributed by atoms with Gasteiger partial charge in [0.15, 0.2) is 16.2 Å². The van der Waals surface area contributed by atoms with Crippen molar-refractivity contribution in [2.24, 2.45) is 0 Å².